The van der Waals surface area contributed by atoms with Crippen LogP contribution in [0.2, 0.25) is 0 Å². The van der Waals surface area contributed by atoms with E-state index in [1.807, 2.05) is 13.8 Å². The molecule has 0 aliphatic rings. The molecule has 0 fully saturated rings. The van der Waals surface area contributed by atoms with Gasteiger partial charge in [-0.05, 0) is 31.5 Å². The van der Waals surface area contributed by atoms with Gasteiger partial charge in [-0.15, -0.1) is 13.2 Å². The van der Waals surface area contributed by atoms with Crippen LogP contribution in [0, 0.1) is 0 Å². The molecule has 1 aromatic rings. The molecule has 0 spiro atoms. The second-order valence-corrected chi connectivity index (χ2v) is 5.40. The Balaban J connectivity index is 2.76. The molecular weight excluding hydrogens is 334 g/mol. The third kappa shape index (κ3) is 6.63. The monoisotopic (exact) mass is 361 g/mol. The fourth-order valence-corrected chi connectivity index (χ4v) is 2.13. The van der Waals surface area contributed by atoms with Crippen molar-refractivity contribution >= 4 is 11.9 Å². The van der Waals surface area contributed by atoms with Gasteiger partial charge in [0.1, 0.15) is 0 Å². The Morgan fingerprint density at radius 1 is 1.08 bits per heavy atom. The molecule has 1 rings (SSSR count). The predicted molar refractivity (Wildman–Crippen MR) is 101 cm³/mol. The summed E-state index contributed by atoms with van der Waals surface area (Å²) in [5, 5.41) is 0. The van der Waals surface area contributed by atoms with Crippen LogP contribution < -0.4 is 9.47 Å². The van der Waals surface area contributed by atoms with Gasteiger partial charge in [0.05, 0.1) is 18.8 Å². The molecule has 0 aromatic heterocycles. The van der Waals surface area contributed by atoms with Crippen molar-refractivity contribution < 1.29 is 23.8 Å². The third-order valence-corrected chi connectivity index (χ3v) is 3.32. The number of benzene rings is 1. The first-order valence-electron chi connectivity index (χ1n) is 8.63. The van der Waals surface area contributed by atoms with E-state index in [0.29, 0.717) is 43.4 Å². The summed E-state index contributed by atoms with van der Waals surface area (Å²) in [6.07, 6.45) is 4.07. The quantitative estimate of drug-likeness (QED) is 0.422. The van der Waals surface area contributed by atoms with Crippen molar-refractivity contribution in [3.63, 3.8) is 0 Å². The highest BCUT2D eigenvalue weighted by molar-refractivity contribution is 5.92. The summed E-state index contributed by atoms with van der Waals surface area (Å²) in [5.41, 5.74) is 0.295. The minimum absolute atomic E-state index is 0.295. The van der Waals surface area contributed by atoms with Gasteiger partial charge in [-0.1, -0.05) is 19.1 Å². The van der Waals surface area contributed by atoms with E-state index in [2.05, 4.69) is 13.2 Å². The van der Waals surface area contributed by atoms with Crippen LogP contribution in [0.5, 0.6) is 11.5 Å². The number of rotatable bonds is 12. The number of hydrogen-bond acceptors (Lipinski definition) is 5. The molecule has 0 unspecified atom stereocenters. The fourth-order valence-electron chi connectivity index (χ4n) is 2.13. The third-order valence-electron chi connectivity index (χ3n) is 3.32. The van der Waals surface area contributed by atoms with Crippen LogP contribution in [0.15, 0.2) is 43.5 Å². The van der Waals surface area contributed by atoms with Crippen molar-refractivity contribution in [3.8, 4) is 11.5 Å². The number of hydrogen-bond donors (Lipinski definition) is 0. The molecule has 1 aromatic carbocycles. The zero-order chi connectivity index (χ0) is 19.4. The SMILES string of the molecule is C=CCN(CC=C)C(=O)COC(=O)c1ccc(OCCC)c(OCC)c1. The molecule has 6 nitrogen and oxygen atoms in total. The lowest BCUT2D eigenvalue weighted by Crippen LogP contribution is -2.35. The van der Waals surface area contributed by atoms with Crippen molar-refractivity contribution in [3.05, 3.63) is 49.1 Å². The standard InChI is InChI=1S/C20H27NO5/c1-5-11-21(12-6-2)19(22)15-26-20(23)16-9-10-17(25-13-7-3)18(14-16)24-8-4/h5-6,9-10,14H,1-2,7-8,11-13,15H2,3-4H3. The Bertz CT molecular complexity index is 617. The average Bonchev–Trinajstić information content (AvgIpc) is 2.64. The first-order valence-corrected chi connectivity index (χ1v) is 8.63. The Morgan fingerprint density at radius 2 is 1.77 bits per heavy atom. The van der Waals surface area contributed by atoms with E-state index in [4.69, 9.17) is 14.2 Å². The number of amides is 1. The minimum Gasteiger partial charge on any atom is -0.490 e. The normalized spacial score (nSPS) is 9.92. The predicted octanol–water partition coefficient (Wildman–Crippen LogP) is 3.23. The van der Waals surface area contributed by atoms with Gasteiger partial charge in [0.15, 0.2) is 18.1 Å². The van der Waals surface area contributed by atoms with E-state index in [9.17, 15) is 9.59 Å². The smallest absolute Gasteiger partial charge is 0.338 e. The van der Waals surface area contributed by atoms with E-state index >= 15 is 0 Å². The maximum absolute atomic E-state index is 12.2. The summed E-state index contributed by atoms with van der Waals surface area (Å²) in [6, 6.07) is 4.82. The van der Waals surface area contributed by atoms with Gasteiger partial charge in [0.2, 0.25) is 0 Å². The van der Waals surface area contributed by atoms with E-state index in [1.54, 1.807) is 30.4 Å². The van der Waals surface area contributed by atoms with Crippen molar-refractivity contribution in [2.24, 2.45) is 0 Å². The molecule has 0 heterocycles. The maximum atomic E-state index is 12.2. The van der Waals surface area contributed by atoms with Crippen molar-refractivity contribution in [2.75, 3.05) is 32.9 Å². The van der Waals surface area contributed by atoms with Crippen molar-refractivity contribution in [2.45, 2.75) is 20.3 Å². The van der Waals surface area contributed by atoms with Gasteiger partial charge in [-0.3, -0.25) is 4.79 Å². The number of carbonyl (C=O) groups is 2. The molecule has 26 heavy (non-hydrogen) atoms. The van der Waals surface area contributed by atoms with E-state index in [0.717, 1.165) is 6.42 Å². The summed E-state index contributed by atoms with van der Waals surface area (Å²) in [5.74, 6) is 0.135. The first kappa shape index (κ1) is 21.3. The van der Waals surface area contributed by atoms with Crippen LogP contribution in [0.25, 0.3) is 0 Å². The molecule has 0 saturated heterocycles. The Labute approximate surface area is 155 Å². The first-order chi connectivity index (χ1) is 12.6. The highest BCUT2D eigenvalue weighted by Crippen LogP contribution is 2.29. The zero-order valence-corrected chi connectivity index (χ0v) is 15.5. The Morgan fingerprint density at radius 3 is 2.35 bits per heavy atom. The van der Waals surface area contributed by atoms with Crippen LogP contribution in [0.4, 0.5) is 0 Å². The summed E-state index contributed by atoms with van der Waals surface area (Å²) < 4.78 is 16.2. The Kier molecular flexibility index (Phi) is 9.61. The number of esters is 1. The molecule has 0 radical (unpaired) electrons. The lowest BCUT2D eigenvalue weighted by Gasteiger charge is -2.19. The number of carbonyl (C=O) groups excluding carboxylic acids is 2. The van der Waals surface area contributed by atoms with Crippen LogP contribution >= 0.6 is 0 Å². The van der Waals surface area contributed by atoms with E-state index in [-0.39, 0.29) is 12.5 Å². The average molecular weight is 361 g/mol. The molecule has 0 aliphatic heterocycles. The lowest BCUT2D eigenvalue weighted by atomic mass is 10.2. The maximum Gasteiger partial charge on any atom is 0.338 e. The van der Waals surface area contributed by atoms with Crippen LogP contribution in [-0.4, -0.2) is 49.7 Å². The lowest BCUT2D eigenvalue weighted by molar-refractivity contribution is -0.133. The van der Waals surface area contributed by atoms with Crippen LogP contribution in [-0.2, 0) is 9.53 Å². The fraction of sp³-hybridized carbons (Fsp3) is 0.400. The molecule has 0 aliphatic carbocycles. The van der Waals surface area contributed by atoms with Gasteiger partial charge < -0.3 is 19.1 Å². The second kappa shape index (κ2) is 11.7. The molecule has 0 atom stereocenters. The zero-order valence-electron chi connectivity index (χ0n) is 15.5. The van der Waals surface area contributed by atoms with E-state index in [1.165, 1.54) is 4.90 Å². The van der Waals surface area contributed by atoms with Gasteiger partial charge in [0.25, 0.3) is 5.91 Å². The number of ether oxygens (including phenoxy) is 3. The van der Waals surface area contributed by atoms with Gasteiger partial charge in [-0.25, -0.2) is 4.79 Å². The molecule has 142 valence electrons. The second-order valence-electron chi connectivity index (χ2n) is 5.40. The molecule has 0 saturated carbocycles. The molecule has 0 N–H and O–H groups in total. The van der Waals surface area contributed by atoms with Gasteiger partial charge >= 0.3 is 5.97 Å². The molecule has 1 amide bonds. The minimum atomic E-state index is -0.599. The summed E-state index contributed by atoms with van der Waals surface area (Å²) in [4.78, 5) is 25.8. The van der Waals surface area contributed by atoms with Gasteiger partial charge in [-0.2, -0.15) is 0 Å². The van der Waals surface area contributed by atoms with Crippen molar-refractivity contribution in [1.29, 1.82) is 0 Å². The van der Waals surface area contributed by atoms with E-state index < -0.39 is 5.97 Å². The largest absolute Gasteiger partial charge is 0.490 e. The summed E-state index contributed by atoms with van der Waals surface area (Å²) >= 11 is 0. The highest BCUT2D eigenvalue weighted by atomic mass is 16.5. The van der Waals surface area contributed by atoms with Crippen LogP contribution in [0.3, 0.4) is 0 Å². The van der Waals surface area contributed by atoms with Crippen LogP contribution in [0.1, 0.15) is 30.6 Å². The topological polar surface area (TPSA) is 65.1 Å². The molecule has 6 heteroatoms. The summed E-state index contributed by atoms with van der Waals surface area (Å²) in [7, 11) is 0. The van der Waals surface area contributed by atoms with Gasteiger partial charge in [0, 0.05) is 13.1 Å². The summed E-state index contributed by atoms with van der Waals surface area (Å²) in [6.45, 7) is 12.4. The number of nitrogens with zero attached hydrogens (tertiary/aromatic N) is 1. The molecular formula is C20H27NO5. The van der Waals surface area contributed by atoms with Crippen molar-refractivity contribution in [1.82, 2.24) is 4.90 Å². The molecule has 0 bridgehead atoms. The highest BCUT2D eigenvalue weighted by Gasteiger charge is 2.16. The Hall–Kier alpha value is -2.76.